The van der Waals surface area contributed by atoms with Crippen LogP contribution in [0.2, 0.25) is 0 Å². The smallest absolute Gasteiger partial charge is 0.241 e. The Morgan fingerprint density at radius 3 is 2.07 bits per heavy atom. The fourth-order valence-corrected chi connectivity index (χ4v) is 4.30. The van der Waals surface area contributed by atoms with E-state index in [0.29, 0.717) is 17.1 Å². The average molecular weight is 401 g/mol. The molecule has 3 aromatic carbocycles. The second-order valence-electron chi connectivity index (χ2n) is 6.33. The molecule has 1 unspecified atom stereocenters. The minimum Gasteiger partial charge on any atom is -0.497 e. The highest BCUT2D eigenvalue weighted by Gasteiger charge is 2.21. The van der Waals surface area contributed by atoms with E-state index in [0.717, 1.165) is 16.5 Å². The van der Waals surface area contributed by atoms with Gasteiger partial charge in [-0.25, -0.2) is 13.1 Å². The topological polar surface area (TPSA) is 73.9 Å². The summed E-state index contributed by atoms with van der Waals surface area (Å²) in [5, 5.41) is 1.72. The van der Waals surface area contributed by atoms with Crippen molar-refractivity contribution in [1.29, 1.82) is 0 Å². The molecular formula is C21H23NO5S. The fourth-order valence-electron chi connectivity index (χ4n) is 3.04. The van der Waals surface area contributed by atoms with Crippen LogP contribution >= 0.6 is 0 Å². The number of rotatable bonds is 7. The molecule has 6 nitrogen and oxygen atoms in total. The summed E-state index contributed by atoms with van der Waals surface area (Å²) in [5.41, 5.74) is 0.691. The van der Waals surface area contributed by atoms with Crippen molar-refractivity contribution >= 4 is 20.8 Å². The second-order valence-corrected chi connectivity index (χ2v) is 8.04. The largest absolute Gasteiger partial charge is 0.497 e. The van der Waals surface area contributed by atoms with E-state index in [9.17, 15) is 8.42 Å². The Balaban J connectivity index is 1.92. The van der Waals surface area contributed by atoms with E-state index in [1.807, 2.05) is 12.1 Å². The molecule has 7 heteroatoms. The molecule has 3 rings (SSSR count). The van der Waals surface area contributed by atoms with Crippen LogP contribution in [0.4, 0.5) is 0 Å². The highest BCUT2D eigenvalue weighted by atomic mass is 32.2. The van der Waals surface area contributed by atoms with Crippen molar-refractivity contribution in [3.63, 3.8) is 0 Å². The molecule has 0 amide bonds. The highest BCUT2D eigenvalue weighted by Crippen LogP contribution is 2.31. The molecule has 0 radical (unpaired) electrons. The second kappa shape index (κ2) is 8.08. The van der Waals surface area contributed by atoms with Crippen molar-refractivity contribution in [3.05, 3.63) is 60.2 Å². The van der Waals surface area contributed by atoms with E-state index in [-0.39, 0.29) is 4.90 Å². The normalized spacial score (nSPS) is 12.6. The molecule has 0 saturated heterocycles. The zero-order chi connectivity index (χ0) is 20.3. The Hall–Kier alpha value is -2.77. The van der Waals surface area contributed by atoms with Crippen LogP contribution in [0.1, 0.15) is 18.5 Å². The minimum atomic E-state index is -3.74. The van der Waals surface area contributed by atoms with Crippen LogP contribution in [0, 0.1) is 0 Å². The van der Waals surface area contributed by atoms with Gasteiger partial charge in [-0.1, -0.05) is 12.1 Å². The van der Waals surface area contributed by atoms with Gasteiger partial charge in [-0.3, -0.25) is 0 Å². The number of nitrogens with one attached hydrogen (secondary N) is 1. The van der Waals surface area contributed by atoms with Crippen LogP contribution in [0.15, 0.2) is 59.5 Å². The van der Waals surface area contributed by atoms with Crippen LogP contribution < -0.4 is 18.9 Å². The molecule has 28 heavy (non-hydrogen) atoms. The molecule has 0 saturated carbocycles. The number of sulfonamides is 1. The molecule has 0 spiro atoms. The summed E-state index contributed by atoms with van der Waals surface area (Å²) >= 11 is 0. The summed E-state index contributed by atoms with van der Waals surface area (Å²) in [6.45, 7) is 1.76. The summed E-state index contributed by atoms with van der Waals surface area (Å²) in [6, 6.07) is 15.3. The molecule has 0 fully saturated rings. The molecule has 0 aliphatic heterocycles. The van der Waals surface area contributed by atoms with Crippen molar-refractivity contribution in [1.82, 2.24) is 4.72 Å². The Morgan fingerprint density at radius 2 is 1.39 bits per heavy atom. The van der Waals surface area contributed by atoms with Gasteiger partial charge in [-0.05, 0) is 60.2 Å². The van der Waals surface area contributed by atoms with Gasteiger partial charge in [0, 0.05) is 11.6 Å². The van der Waals surface area contributed by atoms with E-state index >= 15 is 0 Å². The predicted molar refractivity (Wildman–Crippen MR) is 109 cm³/mol. The van der Waals surface area contributed by atoms with Gasteiger partial charge < -0.3 is 14.2 Å². The van der Waals surface area contributed by atoms with Crippen molar-refractivity contribution in [2.45, 2.75) is 17.9 Å². The molecule has 3 aromatic rings. The van der Waals surface area contributed by atoms with Crippen LogP contribution in [-0.4, -0.2) is 29.7 Å². The van der Waals surface area contributed by atoms with Gasteiger partial charge in [0.05, 0.1) is 26.2 Å². The summed E-state index contributed by atoms with van der Waals surface area (Å²) in [6.07, 6.45) is 0. The van der Waals surface area contributed by atoms with Crippen molar-refractivity contribution < 1.29 is 22.6 Å². The molecule has 1 atom stereocenters. The van der Waals surface area contributed by atoms with E-state index in [1.165, 1.54) is 0 Å². The molecule has 0 bridgehead atoms. The first-order chi connectivity index (χ1) is 13.4. The van der Waals surface area contributed by atoms with Gasteiger partial charge in [0.15, 0.2) is 0 Å². The third-order valence-electron chi connectivity index (χ3n) is 4.56. The van der Waals surface area contributed by atoms with Gasteiger partial charge in [0.1, 0.15) is 17.2 Å². The van der Waals surface area contributed by atoms with Gasteiger partial charge in [0.2, 0.25) is 10.0 Å². The first-order valence-corrected chi connectivity index (χ1v) is 10.2. The molecule has 0 aromatic heterocycles. The average Bonchev–Trinajstić information content (AvgIpc) is 2.71. The maximum absolute atomic E-state index is 12.9. The van der Waals surface area contributed by atoms with Crippen LogP contribution in [0.5, 0.6) is 17.2 Å². The van der Waals surface area contributed by atoms with E-state index < -0.39 is 16.1 Å². The van der Waals surface area contributed by atoms with E-state index in [1.54, 1.807) is 70.7 Å². The first kappa shape index (κ1) is 20.0. The molecule has 148 valence electrons. The van der Waals surface area contributed by atoms with E-state index in [2.05, 4.69) is 4.72 Å². The Kier molecular flexibility index (Phi) is 5.76. The summed E-state index contributed by atoms with van der Waals surface area (Å²) in [4.78, 5) is 0.193. The van der Waals surface area contributed by atoms with Crippen molar-refractivity contribution in [2.75, 3.05) is 21.3 Å². The fraction of sp³-hybridized carbons (Fsp3) is 0.238. The molecule has 1 N–H and O–H groups in total. The van der Waals surface area contributed by atoms with Crippen LogP contribution in [0.25, 0.3) is 10.8 Å². The van der Waals surface area contributed by atoms with Gasteiger partial charge in [-0.15, -0.1) is 0 Å². The van der Waals surface area contributed by atoms with Gasteiger partial charge in [0.25, 0.3) is 0 Å². The lowest BCUT2D eigenvalue weighted by Crippen LogP contribution is -2.27. The summed E-state index contributed by atoms with van der Waals surface area (Å²) < 4.78 is 44.4. The maximum atomic E-state index is 12.9. The number of benzene rings is 3. The number of hydrogen-bond acceptors (Lipinski definition) is 5. The Bertz CT molecular complexity index is 1100. The quantitative estimate of drug-likeness (QED) is 0.650. The zero-order valence-corrected chi connectivity index (χ0v) is 17.0. The number of fused-ring (bicyclic) bond motifs is 1. The molecule has 0 aliphatic carbocycles. The van der Waals surface area contributed by atoms with Crippen LogP contribution in [0.3, 0.4) is 0 Å². The molecule has 0 aliphatic rings. The summed E-state index contributed by atoms with van der Waals surface area (Å²) in [7, 11) is 0.964. The Morgan fingerprint density at radius 1 is 0.786 bits per heavy atom. The third-order valence-corrected chi connectivity index (χ3v) is 6.10. The number of ether oxygens (including phenoxy) is 3. The predicted octanol–water partition coefficient (Wildman–Crippen LogP) is 3.91. The molecular weight excluding hydrogens is 378 g/mol. The SMILES string of the molecule is COc1ccc(OC)c(C(C)NS(=O)(=O)c2ccc3cc(OC)ccc3c2)c1. The third kappa shape index (κ3) is 4.05. The van der Waals surface area contributed by atoms with Crippen LogP contribution in [-0.2, 0) is 10.0 Å². The minimum absolute atomic E-state index is 0.193. The standard InChI is InChI=1S/C21H23NO5S/c1-14(20-13-18(26-3)8-10-21(20)27-4)22-28(23,24)19-9-6-15-11-17(25-2)7-5-16(15)12-19/h5-14,22H,1-4H3. The number of methoxy groups -OCH3 is 3. The monoisotopic (exact) mass is 401 g/mol. The maximum Gasteiger partial charge on any atom is 0.241 e. The highest BCUT2D eigenvalue weighted by molar-refractivity contribution is 7.89. The lowest BCUT2D eigenvalue weighted by molar-refractivity contribution is 0.395. The lowest BCUT2D eigenvalue weighted by Gasteiger charge is -2.18. The van der Waals surface area contributed by atoms with Crippen molar-refractivity contribution in [2.24, 2.45) is 0 Å². The number of hydrogen-bond donors (Lipinski definition) is 1. The first-order valence-electron chi connectivity index (χ1n) is 8.70. The van der Waals surface area contributed by atoms with Crippen molar-refractivity contribution in [3.8, 4) is 17.2 Å². The van der Waals surface area contributed by atoms with Gasteiger partial charge >= 0.3 is 0 Å². The molecule has 0 heterocycles. The van der Waals surface area contributed by atoms with Gasteiger partial charge in [-0.2, -0.15) is 0 Å². The Labute approximate surface area is 165 Å². The zero-order valence-electron chi connectivity index (χ0n) is 16.2. The lowest BCUT2D eigenvalue weighted by atomic mass is 10.1. The summed E-state index contributed by atoms with van der Waals surface area (Å²) in [5.74, 6) is 1.93. The van der Waals surface area contributed by atoms with E-state index in [4.69, 9.17) is 14.2 Å².